The topological polar surface area (TPSA) is 113 Å². The van der Waals surface area contributed by atoms with Gasteiger partial charge >= 0.3 is 6.03 Å². The van der Waals surface area contributed by atoms with Crippen molar-refractivity contribution >= 4 is 11.7 Å². The summed E-state index contributed by atoms with van der Waals surface area (Å²) in [5.41, 5.74) is 0.556. The molecule has 1 aliphatic rings. The molecule has 0 saturated carbocycles. The smallest absolute Gasteiger partial charge is 0.321 e. The number of rotatable bonds is 7. The van der Waals surface area contributed by atoms with Crippen molar-refractivity contribution in [1.29, 1.82) is 0 Å². The molecular formula is C22H26N6O5. The quantitative estimate of drug-likeness (QED) is 0.580. The van der Waals surface area contributed by atoms with Crippen LogP contribution in [0.2, 0.25) is 0 Å². The van der Waals surface area contributed by atoms with Crippen molar-refractivity contribution in [3.05, 3.63) is 42.7 Å². The first-order valence-electron chi connectivity index (χ1n) is 10.5. The number of hydrogen-bond acceptors (Lipinski definition) is 8. The summed E-state index contributed by atoms with van der Waals surface area (Å²) < 4.78 is 23.6. The molecule has 1 fully saturated rings. The van der Waals surface area contributed by atoms with Gasteiger partial charge in [0.1, 0.15) is 6.10 Å². The number of likely N-dealkylation sites (tertiary alicyclic amines) is 1. The number of carbonyl (C=O) groups excluding carboxylic acids is 1. The van der Waals surface area contributed by atoms with Crippen LogP contribution in [0, 0.1) is 0 Å². The van der Waals surface area contributed by atoms with E-state index in [0.717, 1.165) is 0 Å². The van der Waals surface area contributed by atoms with Gasteiger partial charge in [-0.15, -0.1) is 10.2 Å². The van der Waals surface area contributed by atoms with Crippen molar-refractivity contribution in [1.82, 2.24) is 24.9 Å². The fourth-order valence-electron chi connectivity index (χ4n) is 3.61. The minimum Gasteiger partial charge on any atom is -0.493 e. The van der Waals surface area contributed by atoms with E-state index in [9.17, 15) is 4.79 Å². The van der Waals surface area contributed by atoms with E-state index in [1.54, 1.807) is 46.2 Å². The molecule has 1 aliphatic heterocycles. The molecule has 1 saturated heterocycles. The lowest BCUT2D eigenvalue weighted by atomic mass is 10.1. The van der Waals surface area contributed by atoms with Crippen molar-refractivity contribution in [3.8, 4) is 28.9 Å². The summed E-state index contributed by atoms with van der Waals surface area (Å²) in [6, 6.07) is 8.58. The molecule has 2 amide bonds. The molecule has 0 radical (unpaired) electrons. The number of amides is 2. The first-order valence-corrected chi connectivity index (χ1v) is 10.5. The predicted octanol–water partition coefficient (Wildman–Crippen LogP) is 2.76. The highest BCUT2D eigenvalue weighted by molar-refractivity contribution is 5.90. The van der Waals surface area contributed by atoms with Crippen LogP contribution < -0.4 is 24.3 Å². The number of ether oxygens (including phenoxy) is 4. The van der Waals surface area contributed by atoms with Gasteiger partial charge in [-0.1, -0.05) is 0 Å². The predicted molar refractivity (Wildman–Crippen MR) is 119 cm³/mol. The SMILES string of the molecule is COc1cc(NC(=O)N2CCC(Oc3ccc(-n4cccn4)nn3)CC2)cc(OC)c1OC. The summed E-state index contributed by atoms with van der Waals surface area (Å²) in [4.78, 5) is 14.5. The van der Waals surface area contributed by atoms with E-state index in [2.05, 4.69) is 20.6 Å². The van der Waals surface area contributed by atoms with Gasteiger partial charge < -0.3 is 29.2 Å². The van der Waals surface area contributed by atoms with Crippen molar-refractivity contribution < 1.29 is 23.7 Å². The summed E-state index contributed by atoms with van der Waals surface area (Å²) in [5.74, 6) is 2.48. The fourth-order valence-corrected chi connectivity index (χ4v) is 3.61. The standard InChI is InChI=1S/C22H26N6O5/c1-30-17-13-15(14-18(31-2)21(17)32-3)24-22(29)27-11-7-16(8-12-27)33-20-6-5-19(25-26-20)28-10-4-9-23-28/h4-6,9-10,13-14,16H,7-8,11-12H2,1-3H3,(H,24,29). The number of carbonyl (C=O) groups is 1. The van der Waals surface area contributed by atoms with Gasteiger partial charge in [-0.25, -0.2) is 9.48 Å². The Labute approximate surface area is 191 Å². The minimum atomic E-state index is -0.203. The first-order chi connectivity index (χ1) is 16.1. The molecule has 3 aromatic rings. The third kappa shape index (κ3) is 5.08. The summed E-state index contributed by atoms with van der Waals surface area (Å²) in [5, 5.41) is 15.3. The Morgan fingerprint density at radius 2 is 1.76 bits per heavy atom. The number of piperidine rings is 1. The van der Waals surface area contributed by atoms with Gasteiger partial charge in [0.05, 0.1) is 27.0 Å². The van der Waals surface area contributed by atoms with Crippen molar-refractivity contribution in [2.75, 3.05) is 39.7 Å². The van der Waals surface area contributed by atoms with Crippen LogP contribution in [-0.4, -0.2) is 71.4 Å². The third-order valence-corrected chi connectivity index (χ3v) is 5.30. The fraction of sp³-hybridized carbons (Fsp3) is 0.364. The zero-order chi connectivity index (χ0) is 23.2. The molecule has 0 bridgehead atoms. The van der Waals surface area contributed by atoms with E-state index in [-0.39, 0.29) is 12.1 Å². The van der Waals surface area contributed by atoms with Crippen LogP contribution in [0.3, 0.4) is 0 Å². The average Bonchev–Trinajstić information content (AvgIpc) is 3.39. The maximum atomic E-state index is 12.8. The average molecular weight is 454 g/mol. The molecule has 0 aliphatic carbocycles. The van der Waals surface area contributed by atoms with Gasteiger partial charge in [-0.05, 0) is 12.1 Å². The molecule has 11 heteroatoms. The zero-order valence-corrected chi connectivity index (χ0v) is 18.7. The highest BCUT2D eigenvalue weighted by atomic mass is 16.5. The second-order valence-electron chi connectivity index (χ2n) is 7.33. The molecule has 174 valence electrons. The number of hydrogen-bond donors (Lipinski definition) is 1. The maximum absolute atomic E-state index is 12.8. The number of anilines is 1. The first kappa shape index (κ1) is 22.2. The highest BCUT2D eigenvalue weighted by Gasteiger charge is 2.25. The van der Waals surface area contributed by atoms with Crippen LogP contribution in [0.15, 0.2) is 42.7 Å². The van der Waals surface area contributed by atoms with E-state index in [1.807, 2.05) is 6.07 Å². The monoisotopic (exact) mass is 454 g/mol. The van der Waals surface area contributed by atoms with Crippen LogP contribution in [0.5, 0.6) is 23.1 Å². The molecule has 2 aromatic heterocycles. The molecule has 4 rings (SSSR count). The lowest BCUT2D eigenvalue weighted by Crippen LogP contribution is -2.43. The van der Waals surface area contributed by atoms with Crippen LogP contribution in [0.1, 0.15) is 12.8 Å². The number of methoxy groups -OCH3 is 3. The van der Waals surface area contributed by atoms with E-state index in [4.69, 9.17) is 18.9 Å². The van der Waals surface area contributed by atoms with Crippen molar-refractivity contribution in [2.24, 2.45) is 0 Å². The minimum absolute atomic E-state index is 0.0416. The van der Waals surface area contributed by atoms with Gasteiger partial charge in [0.15, 0.2) is 17.3 Å². The molecule has 33 heavy (non-hydrogen) atoms. The molecule has 0 atom stereocenters. The lowest BCUT2D eigenvalue weighted by Gasteiger charge is -2.32. The Morgan fingerprint density at radius 3 is 2.30 bits per heavy atom. The van der Waals surface area contributed by atoms with Crippen LogP contribution in [-0.2, 0) is 0 Å². The molecule has 0 spiro atoms. The van der Waals surface area contributed by atoms with Crippen molar-refractivity contribution in [2.45, 2.75) is 18.9 Å². The maximum Gasteiger partial charge on any atom is 0.321 e. The van der Waals surface area contributed by atoms with Crippen LogP contribution in [0.4, 0.5) is 10.5 Å². The van der Waals surface area contributed by atoms with Gasteiger partial charge in [0, 0.05) is 56.5 Å². The van der Waals surface area contributed by atoms with E-state index in [1.165, 1.54) is 21.3 Å². The third-order valence-electron chi connectivity index (χ3n) is 5.30. The molecule has 11 nitrogen and oxygen atoms in total. The van der Waals surface area contributed by atoms with E-state index in [0.29, 0.717) is 60.6 Å². The van der Waals surface area contributed by atoms with Gasteiger partial charge in [-0.3, -0.25) is 0 Å². The van der Waals surface area contributed by atoms with E-state index >= 15 is 0 Å². The van der Waals surface area contributed by atoms with Crippen LogP contribution in [0.25, 0.3) is 5.82 Å². The molecule has 3 heterocycles. The highest BCUT2D eigenvalue weighted by Crippen LogP contribution is 2.40. The molecule has 0 unspecified atom stereocenters. The number of benzene rings is 1. The lowest BCUT2D eigenvalue weighted by molar-refractivity contribution is 0.110. The van der Waals surface area contributed by atoms with Gasteiger partial charge in [-0.2, -0.15) is 5.10 Å². The number of aromatic nitrogens is 4. The molecule has 1 aromatic carbocycles. The Balaban J connectivity index is 1.31. The number of urea groups is 1. The normalized spacial score (nSPS) is 14.0. The summed E-state index contributed by atoms with van der Waals surface area (Å²) in [6.45, 7) is 1.11. The Hall–Kier alpha value is -4.02. The summed E-state index contributed by atoms with van der Waals surface area (Å²) in [6.07, 6.45) is 4.80. The molecular weight excluding hydrogens is 428 g/mol. The number of nitrogens with one attached hydrogen (secondary N) is 1. The Bertz CT molecular complexity index is 1040. The second-order valence-corrected chi connectivity index (χ2v) is 7.33. The zero-order valence-electron chi connectivity index (χ0n) is 18.7. The van der Waals surface area contributed by atoms with Crippen molar-refractivity contribution in [3.63, 3.8) is 0 Å². The summed E-state index contributed by atoms with van der Waals surface area (Å²) in [7, 11) is 4.59. The van der Waals surface area contributed by atoms with Gasteiger partial charge in [0.25, 0.3) is 0 Å². The Kier molecular flexibility index (Phi) is 6.77. The summed E-state index contributed by atoms with van der Waals surface area (Å²) >= 11 is 0. The second kappa shape index (κ2) is 10.1. The van der Waals surface area contributed by atoms with E-state index < -0.39 is 0 Å². The largest absolute Gasteiger partial charge is 0.493 e. The van der Waals surface area contributed by atoms with Crippen LogP contribution >= 0.6 is 0 Å². The Morgan fingerprint density at radius 1 is 1.03 bits per heavy atom. The number of nitrogens with zero attached hydrogens (tertiary/aromatic N) is 5. The van der Waals surface area contributed by atoms with Gasteiger partial charge in [0.2, 0.25) is 11.6 Å². The molecule has 1 N–H and O–H groups in total.